The number of fused-ring (bicyclic) bond motifs is 3. The number of aliphatic hydroxyl groups excluding tert-OH is 2. The van der Waals surface area contributed by atoms with Crippen LogP contribution in [0.5, 0.6) is 0 Å². The van der Waals surface area contributed by atoms with E-state index in [9.17, 15) is 39.3 Å². The number of methoxy groups -OCH3 is 3. The minimum atomic E-state index is -2.43. The number of hydrogen-bond acceptors (Lipinski definition) is 13. The third kappa shape index (κ3) is 14.6. The average Bonchev–Trinajstić information content (AvgIpc) is 3.30. The molecule has 4 rings (SSSR count). The third-order valence-corrected chi connectivity index (χ3v) is 14.8. The van der Waals surface area contributed by atoms with Crippen LogP contribution in [-0.2, 0) is 47.7 Å². The van der Waals surface area contributed by atoms with Crippen LogP contribution in [0, 0.1) is 35.5 Å². The Morgan fingerprint density at radius 1 is 0.833 bits per heavy atom. The Bertz CT molecular complexity index is 1770. The van der Waals surface area contributed by atoms with Crippen molar-refractivity contribution >= 4 is 29.2 Å². The summed E-state index contributed by atoms with van der Waals surface area (Å²) in [5.74, 6) is -7.74. The average molecular weight is 928 g/mol. The largest absolute Gasteiger partial charge is 0.460 e. The summed E-state index contributed by atoms with van der Waals surface area (Å²) >= 11 is 0. The molecule has 3 heterocycles. The second-order valence-electron chi connectivity index (χ2n) is 19.9. The molecule has 3 N–H and O–H groups in total. The predicted molar refractivity (Wildman–Crippen MR) is 250 cm³/mol. The normalized spacial score (nSPS) is 39.4. The lowest BCUT2D eigenvalue weighted by Gasteiger charge is -2.42. The van der Waals surface area contributed by atoms with Crippen LogP contribution in [0.25, 0.3) is 0 Å². The molecule has 4 aliphatic rings. The number of piperidine rings is 1. The third-order valence-electron chi connectivity index (χ3n) is 14.8. The monoisotopic (exact) mass is 928 g/mol. The van der Waals surface area contributed by atoms with Gasteiger partial charge in [0.25, 0.3) is 11.7 Å². The van der Waals surface area contributed by atoms with Gasteiger partial charge in [-0.05, 0) is 113 Å². The van der Waals surface area contributed by atoms with Crippen molar-refractivity contribution in [2.45, 2.75) is 186 Å². The molecule has 2 unspecified atom stereocenters. The Balaban J connectivity index is 1.69. The van der Waals surface area contributed by atoms with E-state index < -0.39 is 83.9 Å². The summed E-state index contributed by atoms with van der Waals surface area (Å²) in [6.45, 7) is 12.8. The number of esters is 1. The van der Waals surface area contributed by atoms with Crippen molar-refractivity contribution in [1.82, 2.24) is 4.90 Å². The van der Waals surface area contributed by atoms with Crippen LogP contribution in [0.1, 0.15) is 132 Å². The lowest BCUT2D eigenvalue weighted by atomic mass is 9.78. The number of rotatable bonds is 6. The first-order valence-electron chi connectivity index (χ1n) is 24.4. The first-order valence-corrected chi connectivity index (χ1v) is 24.4. The molecule has 1 aliphatic carbocycles. The lowest BCUT2D eigenvalue weighted by Crippen LogP contribution is -2.61. The first-order chi connectivity index (χ1) is 31.2. The summed E-state index contributed by atoms with van der Waals surface area (Å²) in [6.07, 6.45) is 12.2. The zero-order valence-electron chi connectivity index (χ0n) is 41.3. The molecule has 3 fully saturated rings. The van der Waals surface area contributed by atoms with Gasteiger partial charge in [-0.2, -0.15) is 0 Å². The standard InChI is InChI=1S/C52H81NO13/c1-31-16-12-11-13-17-32(2)43(62-8)29-39-23-21-37(7)52(61,66-39)49(58)50(59)53-25-15-14-18-40(53)51(60)65-44(35(5)27-38-22-24-41(54)45(28-38)63-9)30-42(55)34(4)26-36(6)47(57)48(64-10)46(56)33(3)20-19-31/h11-13,16-17,26,31,33-35,37-41,43-45,47-48,54,57,61H,14-15,18-25,27-30H2,1-10H3/b13-11+,16-12+,32-17?,36-26+/t31-,33-,34-,35-,37-,38+,39?,40+,41-,43+,44+,45-,47-,48+,52?/m1/s1. The molecule has 372 valence electrons. The highest BCUT2D eigenvalue weighted by molar-refractivity contribution is 6.39. The number of nitrogens with zero attached hydrogens (tertiary/aromatic N) is 1. The van der Waals surface area contributed by atoms with Crippen molar-refractivity contribution in [1.29, 1.82) is 0 Å². The van der Waals surface area contributed by atoms with E-state index in [1.54, 1.807) is 41.1 Å². The van der Waals surface area contributed by atoms with E-state index in [1.165, 1.54) is 12.0 Å². The number of cyclic esters (lactones) is 1. The van der Waals surface area contributed by atoms with Gasteiger partial charge in [0.05, 0.1) is 24.4 Å². The maximum Gasteiger partial charge on any atom is 0.329 e. The van der Waals surface area contributed by atoms with Gasteiger partial charge in [-0.3, -0.25) is 19.2 Å². The van der Waals surface area contributed by atoms with E-state index >= 15 is 0 Å². The predicted octanol–water partition coefficient (Wildman–Crippen LogP) is 6.57. The van der Waals surface area contributed by atoms with Gasteiger partial charge < -0.3 is 43.9 Å². The molecular formula is C52H81NO13. The Labute approximate surface area is 393 Å². The molecule has 0 aromatic rings. The van der Waals surface area contributed by atoms with Crippen molar-refractivity contribution in [2.24, 2.45) is 35.5 Å². The number of Topliss-reactive ketones (excluding diaryl/α,β-unsaturated/α-hetero) is 3. The van der Waals surface area contributed by atoms with Gasteiger partial charge in [0.15, 0.2) is 5.78 Å². The van der Waals surface area contributed by atoms with Gasteiger partial charge in [0.1, 0.15) is 30.1 Å². The van der Waals surface area contributed by atoms with Crippen molar-refractivity contribution in [3.05, 3.63) is 47.6 Å². The molecule has 0 aromatic heterocycles. The maximum absolute atomic E-state index is 14.4. The second-order valence-corrected chi connectivity index (χ2v) is 19.9. The number of ether oxygens (including phenoxy) is 5. The van der Waals surface area contributed by atoms with Crippen LogP contribution in [0.2, 0.25) is 0 Å². The van der Waals surface area contributed by atoms with E-state index in [0.717, 1.165) is 18.4 Å². The topological polar surface area (TPSA) is 195 Å². The fraction of sp³-hybridized carbons (Fsp3) is 0.750. The van der Waals surface area contributed by atoms with Crippen molar-refractivity contribution in [3.8, 4) is 0 Å². The summed E-state index contributed by atoms with van der Waals surface area (Å²) in [5, 5.41) is 33.9. The fourth-order valence-corrected chi connectivity index (χ4v) is 10.1. The molecule has 2 bridgehead atoms. The molecule has 3 aliphatic heterocycles. The van der Waals surface area contributed by atoms with Crippen LogP contribution < -0.4 is 0 Å². The highest BCUT2D eigenvalue weighted by atomic mass is 16.6. The Morgan fingerprint density at radius 3 is 2.24 bits per heavy atom. The zero-order chi connectivity index (χ0) is 48.9. The summed E-state index contributed by atoms with van der Waals surface area (Å²) in [7, 11) is 4.54. The van der Waals surface area contributed by atoms with Gasteiger partial charge in [0.2, 0.25) is 5.79 Å². The summed E-state index contributed by atoms with van der Waals surface area (Å²) in [5.41, 5.74) is 1.29. The minimum absolute atomic E-state index is 0.0880. The molecule has 15 atom stereocenters. The molecular weight excluding hydrogens is 847 g/mol. The van der Waals surface area contributed by atoms with Gasteiger partial charge in [-0.15, -0.1) is 0 Å². The molecule has 66 heavy (non-hydrogen) atoms. The van der Waals surface area contributed by atoms with Gasteiger partial charge in [-0.1, -0.05) is 71.1 Å². The zero-order valence-corrected chi connectivity index (χ0v) is 41.3. The Hall–Kier alpha value is -3.37. The maximum atomic E-state index is 14.4. The Kier molecular flexibility index (Phi) is 21.6. The molecule has 14 nitrogen and oxygen atoms in total. The Morgan fingerprint density at radius 2 is 1.56 bits per heavy atom. The first kappa shape index (κ1) is 55.2. The van der Waals surface area contributed by atoms with Crippen molar-refractivity contribution in [3.63, 3.8) is 0 Å². The number of carbonyl (C=O) groups is 5. The van der Waals surface area contributed by atoms with Crippen LogP contribution in [-0.4, -0.2) is 132 Å². The SMILES string of the molecule is CO[C@H]1CC2CC[C@@H](C)C(O)(O2)C(=O)C(=O)N2CCCC[C@H]2C(=O)O[C@H]([C@H](C)C[C@@H]2CC[C@@H](O)[C@H](OC)C2)CC(=O)[C@H](C)/C=C(\C)[C@@H](O)[C@@H](OC)C(=O)[C@H](C)CC[C@H](C)/C=C/C=C/C=C1C. The van der Waals surface area contributed by atoms with E-state index in [-0.39, 0.29) is 54.8 Å². The van der Waals surface area contributed by atoms with Crippen LogP contribution in [0.15, 0.2) is 47.6 Å². The van der Waals surface area contributed by atoms with Crippen molar-refractivity contribution in [2.75, 3.05) is 27.9 Å². The van der Waals surface area contributed by atoms with Crippen LogP contribution in [0.3, 0.4) is 0 Å². The lowest BCUT2D eigenvalue weighted by molar-refractivity contribution is -0.265. The summed E-state index contributed by atoms with van der Waals surface area (Å²) in [6, 6.07) is -1.14. The molecule has 1 amide bonds. The molecule has 0 radical (unpaired) electrons. The highest BCUT2D eigenvalue weighted by Crippen LogP contribution is 2.38. The van der Waals surface area contributed by atoms with E-state index in [0.29, 0.717) is 63.4 Å². The quantitative estimate of drug-likeness (QED) is 0.147. The van der Waals surface area contributed by atoms with Gasteiger partial charge in [-0.25, -0.2) is 4.79 Å². The number of aliphatic hydroxyl groups is 3. The number of ketones is 3. The second kappa shape index (κ2) is 25.8. The number of carbonyl (C=O) groups excluding carboxylic acids is 5. The van der Waals surface area contributed by atoms with Crippen LogP contribution >= 0.6 is 0 Å². The van der Waals surface area contributed by atoms with E-state index in [4.69, 9.17) is 23.7 Å². The smallest absolute Gasteiger partial charge is 0.329 e. The number of allylic oxidation sites excluding steroid dienone is 6. The molecule has 1 saturated carbocycles. The van der Waals surface area contributed by atoms with E-state index in [1.807, 2.05) is 45.1 Å². The molecule has 14 heteroatoms. The molecule has 2 saturated heterocycles. The fourth-order valence-electron chi connectivity index (χ4n) is 10.1. The van der Waals surface area contributed by atoms with Crippen molar-refractivity contribution < 1.29 is 63.0 Å². The van der Waals surface area contributed by atoms with E-state index in [2.05, 4.69) is 13.0 Å². The number of amides is 1. The molecule has 0 aromatic carbocycles. The molecule has 0 spiro atoms. The minimum Gasteiger partial charge on any atom is -0.460 e. The number of hydrogen-bond donors (Lipinski definition) is 3. The van der Waals surface area contributed by atoms with Gasteiger partial charge in [0, 0.05) is 58.5 Å². The van der Waals surface area contributed by atoms with Crippen LogP contribution in [0.4, 0.5) is 0 Å². The summed E-state index contributed by atoms with van der Waals surface area (Å²) < 4.78 is 29.4. The van der Waals surface area contributed by atoms with Gasteiger partial charge >= 0.3 is 5.97 Å². The summed E-state index contributed by atoms with van der Waals surface area (Å²) in [4.78, 5) is 71.8. The highest BCUT2D eigenvalue weighted by Gasteiger charge is 2.53.